The van der Waals surface area contributed by atoms with Gasteiger partial charge in [0.2, 0.25) is 0 Å². The van der Waals surface area contributed by atoms with E-state index in [1.54, 1.807) is 54.6 Å². The summed E-state index contributed by atoms with van der Waals surface area (Å²) in [7, 11) is -2.70. The highest BCUT2D eigenvalue weighted by Gasteiger charge is 2.24. The van der Waals surface area contributed by atoms with Crippen molar-refractivity contribution in [1.82, 2.24) is 0 Å². The Hall–Kier alpha value is -2.74. The number of rotatable bonds is 6. The van der Waals surface area contributed by atoms with E-state index < -0.39 is 15.9 Å². The largest absolute Gasteiger partial charge is 0.495 e. The molecule has 0 aliphatic heterocycles. The number of para-hydroxylation sites is 3. The molecule has 0 heterocycles. The van der Waals surface area contributed by atoms with Crippen molar-refractivity contribution in [3.63, 3.8) is 0 Å². The van der Waals surface area contributed by atoms with Gasteiger partial charge >= 0.3 is 0 Å². The smallest absolute Gasteiger partial charge is 0.263 e. The number of halogens is 2. The van der Waals surface area contributed by atoms with Crippen molar-refractivity contribution in [2.24, 2.45) is 0 Å². The third-order valence-corrected chi connectivity index (χ3v) is 6.08. The van der Waals surface area contributed by atoms with Crippen LogP contribution in [0.3, 0.4) is 0 Å². The summed E-state index contributed by atoms with van der Waals surface area (Å²) in [6, 6.07) is 17.6. The van der Waals surface area contributed by atoms with E-state index >= 15 is 0 Å². The van der Waals surface area contributed by atoms with Crippen LogP contribution in [-0.2, 0) is 10.0 Å². The molecule has 3 rings (SSSR count). The second-order valence-corrected chi connectivity index (χ2v) is 8.35. The van der Waals surface area contributed by atoms with Gasteiger partial charge in [-0.3, -0.25) is 9.52 Å². The van der Waals surface area contributed by atoms with Gasteiger partial charge in [0.1, 0.15) is 10.6 Å². The lowest BCUT2D eigenvalue weighted by atomic mass is 10.2. The number of carbonyl (C=O) groups excluding carboxylic acids is 1. The van der Waals surface area contributed by atoms with Crippen LogP contribution in [0.25, 0.3) is 0 Å². The molecular weight excluding hydrogens is 435 g/mol. The molecule has 0 aromatic heterocycles. The molecule has 0 saturated carbocycles. The monoisotopic (exact) mass is 450 g/mol. The summed E-state index contributed by atoms with van der Waals surface area (Å²) in [4.78, 5) is 12.3. The minimum Gasteiger partial charge on any atom is -0.495 e. The molecule has 2 N–H and O–H groups in total. The van der Waals surface area contributed by atoms with Crippen molar-refractivity contribution in [1.29, 1.82) is 0 Å². The van der Waals surface area contributed by atoms with Gasteiger partial charge in [0.25, 0.3) is 15.9 Å². The first-order valence-corrected chi connectivity index (χ1v) is 10.6. The number of ether oxygens (including phenoxy) is 1. The minimum absolute atomic E-state index is 0.0275. The number of hydrogen-bond acceptors (Lipinski definition) is 4. The minimum atomic E-state index is -4.12. The first-order chi connectivity index (χ1) is 13.8. The van der Waals surface area contributed by atoms with Crippen molar-refractivity contribution in [2.75, 3.05) is 17.1 Å². The first-order valence-electron chi connectivity index (χ1n) is 8.33. The molecular formula is C20H16Cl2N2O4S. The van der Waals surface area contributed by atoms with E-state index in [1.165, 1.54) is 13.2 Å². The van der Waals surface area contributed by atoms with Gasteiger partial charge in [-0.2, -0.15) is 0 Å². The summed E-state index contributed by atoms with van der Waals surface area (Å²) in [5.41, 5.74) is 0.747. The lowest BCUT2D eigenvalue weighted by molar-refractivity contribution is 0.102. The van der Waals surface area contributed by atoms with Crippen molar-refractivity contribution in [3.05, 3.63) is 82.3 Å². The van der Waals surface area contributed by atoms with Crippen LogP contribution in [0.4, 0.5) is 11.4 Å². The summed E-state index contributed by atoms with van der Waals surface area (Å²) in [5.74, 6) is -0.227. The Kier molecular flexibility index (Phi) is 6.32. The molecule has 3 aromatic carbocycles. The lowest BCUT2D eigenvalue weighted by Crippen LogP contribution is -2.17. The number of amides is 1. The molecule has 150 valence electrons. The summed E-state index contributed by atoms with van der Waals surface area (Å²) in [5, 5.41) is 2.57. The zero-order valence-electron chi connectivity index (χ0n) is 15.1. The fourth-order valence-corrected chi connectivity index (χ4v) is 4.49. The molecule has 3 aromatic rings. The first kappa shape index (κ1) is 21.0. The van der Waals surface area contributed by atoms with E-state index in [4.69, 9.17) is 27.9 Å². The van der Waals surface area contributed by atoms with Crippen LogP contribution in [0.5, 0.6) is 5.75 Å². The fourth-order valence-electron chi connectivity index (χ4n) is 2.56. The molecule has 9 heteroatoms. The van der Waals surface area contributed by atoms with Gasteiger partial charge in [-0.15, -0.1) is 0 Å². The molecule has 6 nitrogen and oxygen atoms in total. The highest BCUT2D eigenvalue weighted by atomic mass is 35.5. The highest BCUT2D eigenvalue weighted by molar-refractivity contribution is 7.92. The number of nitrogens with one attached hydrogen (secondary N) is 2. The third kappa shape index (κ3) is 4.82. The van der Waals surface area contributed by atoms with Gasteiger partial charge in [0.15, 0.2) is 0 Å². The van der Waals surface area contributed by atoms with E-state index in [9.17, 15) is 13.2 Å². The predicted molar refractivity (Wildman–Crippen MR) is 115 cm³/mol. The number of sulfonamides is 1. The van der Waals surface area contributed by atoms with E-state index in [1.807, 2.05) is 0 Å². The normalized spacial score (nSPS) is 11.0. The van der Waals surface area contributed by atoms with Crippen LogP contribution in [0, 0.1) is 0 Å². The van der Waals surface area contributed by atoms with Crippen LogP contribution in [0.2, 0.25) is 10.0 Å². The van der Waals surface area contributed by atoms with Crippen molar-refractivity contribution >= 4 is 50.5 Å². The van der Waals surface area contributed by atoms with E-state index in [0.717, 1.165) is 6.07 Å². The predicted octanol–water partition coefficient (Wildman–Crippen LogP) is 5.06. The molecule has 0 spiro atoms. The Morgan fingerprint density at radius 1 is 0.931 bits per heavy atom. The summed E-state index contributed by atoms with van der Waals surface area (Å²) >= 11 is 12.3. The number of benzene rings is 3. The second-order valence-electron chi connectivity index (χ2n) is 5.89. The maximum absolute atomic E-state index is 12.9. The highest BCUT2D eigenvalue weighted by Crippen LogP contribution is 2.32. The lowest BCUT2D eigenvalue weighted by Gasteiger charge is -2.14. The topological polar surface area (TPSA) is 84.5 Å². The molecule has 0 aliphatic rings. The van der Waals surface area contributed by atoms with Gasteiger partial charge < -0.3 is 10.1 Å². The Morgan fingerprint density at radius 3 is 2.28 bits per heavy atom. The Bertz CT molecular complexity index is 1150. The molecule has 29 heavy (non-hydrogen) atoms. The zero-order valence-corrected chi connectivity index (χ0v) is 17.5. The van der Waals surface area contributed by atoms with Crippen LogP contribution < -0.4 is 14.8 Å². The zero-order chi connectivity index (χ0) is 21.0. The standard InChI is InChI=1S/C20H16Cl2N2O4S/c1-28-18-10-6-5-9-17(18)24-29(26,27)19-11-14(15(21)12-16(19)22)20(25)23-13-7-3-2-4-8-13/h2-12,24H,1H3,(H,23,25). The molecule has 0 aliphatic carbocycles. The Balaban J connectivity index is 1.97. The Morgan fingerprint density at radius 2 is 1.59 bits per heavy atom. The molecule has 1 amide bonds. The van der Waals surface area contributed by atoms with Crippen molar-refractivity contribution in [2.45, 2.75) is 4.90 Å². The average molecular weight is 451 g/mol. The van der Waals surface area contributed by atoms with Crippen molar-refractivity contribution < 1.29 is 17.9 Å². The number of carbonyl (C=O) groups is 1. The Labute approximate surface area is 178 Å². The van der Waals surface area contributed by atoms with Gasteiger partial charge in [-0.1, -0.05) is 53.5 Å². The number of hydrogen-bond donors (Lipinski definition) is 2. The molecule has 0 bridgehead atoms. The van der Waals surface area contributed by atoms with Crippen LogP contribution >= 0.6 is 23.2 Å². The van der Waals surface area contributed by atoms with Gasteiger partial charge in [-0.05, 0) is 36.4 Å². The van der Waals surface area contributed by atoms with Crippen LogP contribution in [-0.4, -0.2) is 21.4 Å². The van der Waals surface area contributed by atoms with Gasteiger partial charge in [-0.25, -0.2) is 8.42 Å². The van der Waals surface area contributed by atoms with Crippen LogP contribution in [0.1, 0.15) is 10.4 Å². The molecule has 0 radical (unpaired) electrons. The van der Waals surface area contributed by atoms with E-state index in [-0.39, 0.29) is 26.2 Å². The van der Waals surface area contributed by atoms with E-state index in [0.29, 0.717) is 11.4 Å². The summed E-state index contributed by atoms with van der Waals surface area (Å²) < 4.78 is 33.4. The van der Waals surface area contributed by atoms with Gasteiger partial charge in [0.05, 0.1) is 28.4 Å². The SMILES string of the molecule is COc1ccccc1NS(=O)(=O)c1cc(C(=O)Nc2ccccc2)c(Cl)cc1Cl. The second kappa shape index (κ2) is 8.73. The summed E-state index contributed by atoms with van der Waals surface area (Å²) in [6.07, 6.45) is 0. The number of anilines is 2. The molecule has 0 unspecified atom stereocenters. The third-order valence-electron chi connectivity index (χ3n) is 3.94. The number of methoxy groups -OCH3 is 1. The maximum atomic E-state index is 12.9. The van der Waals surface area contributed by atoms with Crippen molar-refractivity contribution in [3.8, 4) is 5.75 Å². The molecule has 0 fully saturated rings. The van der Waals surface area contributed by atoms with Gasteiger partial charge in [0, 0.05) is 5.69 Å². The fraction of sp³-hybridized carbons (Fsp3) is 0.0500. The molecule has 0 atom stereocenters. The quantitative estimate of drug-likeness (QED) is 0.549. The molecule has 0 saturated heterocycles. The maximum Gasteiger partial charge on any atom is 0.263 e. The summed E-state index contributed by atoms with van der Waals surface area (Å²) in [6.45, 7) is 0. The van der Waals surface area contributed by atoms with E-state index in [2.05, 4.69) is 10.0 Å². The van der Waals surface area contributed by atoms with Crippen LogP contribution in [0.15, 0.2) is 71.6 Å². The average Bonchev–Trinajstić information content (AvgIpc) is 2.68.